The van der Waals surface area contributed by atoms with Crippen LogP contribution in [0.2, 0.25) is 0 Å². The van der Waals surface area contributed by atoms with Crippen LogP contribution in [0, 0.1) is 13.8 Å². The SMILES string of the molecule is CNC(=O)c1[nH]c(C(=O)O)cc1OC(C)c1c(C)cccc1C. The largest absolute Gasteiger partial charge is 0.484 e. The predicted molar refractivity (Wildman–Crippen MR) is 86.1 cm³/mol. The molecule has 0 aliphatic carbocycles. The number of hydrogen-bond donors (Lipinski definition) is 3. The molecule has 3 N–H and O–H groups in total. The van der Waals surface area contributed by atoms with Crippen LogP contribution in [0.1, 0.15) is 50.7 Å². The van der Waals surface area contributed by atoms with Crippen LogP contribution in [-0.4, -0.2) is 29.0 Å². The first-order chi connectivity index (χ1) is 10.8. The van der Waals surface area contributed by atoms with E-state index in [9.17, 15) is 9.59 Å². The molecule has 0 aliphatic heterocycles. The lowest BCUT2D eigenvalue weighted by atomic mass is 9.99. The highest BCUT2D eigenvalue weighted by Crippen LogP contribution is 2.29. The molecule has 0 saturated carbocycles. The molecule has 1 amide bonds. The number of aryl methyl sites for hydroxylation is 2. The van der Waals surface area contributed by atoms with Crippen molar-refractivity contribution >= 4 is 11.9 Å². The fraction of sp³-hybridized carbons (Fsp3) is 0.294. The van der Waals surface area contributed by atoms with Crippen LogP contribution in [0.3, 0.4) is 0 Å². The Labute approximate surface area is 134 Å². The molecule has 122 valence electrons. The number of carboxylic acid groups (broad SMARTS) is 1. The summed E-state index contributed by atoms with van der Waals surface area (Å²) in [5.74, 6) is -1.36. The molecule has 0 aliphatic rings. The Morgan fingerprint density at radius 3 is 2.39 bits per heavy atom. The summed E-state index contributed by atoms with van der Waals surface area (Å²) in [5.41, 5.74) is 3.18. The summed E-state index contributed by atoms with van der Waals surface area (Å²) in [4.78, 5) is 25.6. The molecule has 1 atom stereocenters. The van der Waals surface area contributed by atoms with Crippen LogP contribution in [0.15, 0.2) is 24.3 Å². The number of carbonyl (C=O) groups excluding carboxylic acids is 1. The van der Waals surface area contributed by atoms with E-state index in [1.165, 1.54) is 13.1 Å². The van der Waals surface area contributed by atoms with E-state index in [2.05, 4.69) is 10.3 Å². The third kappa shape index (κ3) is 3.36. The normalized spacial score (nSPS) is 11.8. The van der Waals surface area contributed by atoms with Crippen molar-refractivity contribution in [2.24, 2.45) is 0 Å². The molecular formula is C17H20N2O4. The van der Waals surface area contributed by atoms with E-state index in [1.807, 2.05) is 39.0 Å². The molecule has 0 saturated heterocycles. The van der Waals surface area contributed by atoms with Crippen LogP contribution < -0.4 is 10.1 Å². The van der Waals surface area contributed by atoms with Gasteiger partial charge in [-0.15, -0.1) is 0 Å². The predicted octanol–water partition coefficient (Wildman–Crippen LogP) is 2.83. The zero-order chi connectivity index (χ0) is 17.1. The van der Waals surface area contributed by atoms with E-state index in [4.69, 9.17) is 9.84 Å². The number of ether oxygens (including phenoxy) is 1. The summed E-state index contributed by atoms with van der Waals surface area (Å²) in [7, 11) is 1.47. The number of benzene rings is 1. The maximum atomic E-state index is 11.9. The molecule has 1 aromatic carbocycles. The van der Waals surface area contributed by atoms with Gasteiger partial charge in [0.25, 0.3) is 5.91 Å². The molecule has 6 heteroatoms. The van der Waals surface area contributed by atoms with Crippen molar-refractivity contribution in [3.05, 3.63) is 52.3 Å². The van der Waals surface area contributed by atoms with Crippen molar-refractivity contribution in [1.29, 1.82) is 0 Å². The van der Waals surface area contributed by atoms with E-state index in [-0.39, 0.29) is 23.2 Å². The second-order valence-electron chi connectivity index (χ2n) is 5.37. The first-order valence-corrected chi connectivity index (χ1v) is 7.26. The molecule has 1 heterocycles. The van der Waals surface area contributed by atoms with Gasteiger partial charge < -0.3 is 20.1 Å². The molecule has 1 unspecified atom stereocenters. The number of aromatic carboxylic acids is 1. The van der Waals surface area contributed by atoms with Gasteiger partial charge in [0.05, 0.1) is 0 Å². The average Bonchev–Trinajstić information content (AvgIpc) is 2.90. The summed E-state index contributed by atoms with van der Waals surface area (Å²) in [5, 5.41) is 11.6. The molecule has 0 spiro atoms. The number of H-pyrrole nitrogens is 1. The van der Waals surface area contributed by atoms with Crippen LogP contribution in [0.5, 0.6) is 5.75 Å². The van der Waals surface area contributed by atoms with E-state index < -0.39 is 11.9 Å². The molecule has 23 heavy (non-hydrogen) atoms. The molecule has 2 aromatic rings. The minimum Gasteiger partial charge on any atom is -0.484 e. The van der Waals surface area contributed by atoms with Crippen LogP contribution in [-0.2, 0) is 0 Å². The number of aromatic amines is 1. The van der Waals surface area contributed by atoms with Crippen molar-refractivity contribution in [3.63, 3.8) is 0 Å². The van der Waals surface area contributed by atoms with E-state index in [0.29, 0.717) is 0 Å². The Morgan fingerprint density at radius 1 is 1.26 bits per heavy atom. The summed E-state index contributed by atoms with van der Waals surface area (Å²) < 4.78 is 5.89. The quantitative estimate of drug-likeness (QED) is 0.791. The molecule has 0 bridgehead atoms. The Balaban J connectivity index is 2.39. The lowest BCUT2D eigenvalue weighted by Gasteiger charge is -2.19. The van der Waals surface area contributed by atoms with Gasteiger partial charge in [0.1, 0.15) is 17.5 Å². The van der Waals surface area contributed by atoms with E-state index in [0.717, 1.165) is 16.7 Å². The lowest BCUT2D eigenvalue weighted by molar-refractivity contribution is 0.0691. The van der Waals surface area contributed by atoms with Crippen LogP contribution in [0.25, 0.3) is 0 Å². The highest BCUT2D eigenvalue weighted by atomic mass is 16.5. The van der Waals surface area contributed by atoms with E-state index >= 15 is 0 Å². The number of amides is 1. The van der Waals surface area contributed by atoms with Crippen molar-refractivity contribution in [2.75, 3.05) is 7.05 Å². The summed E-state index contributed by atoms with van der Waals surface area (Å²) in [6, 6.07) is 7.27. The standard InChI is InChI=1S/C17H20N2O4/c1-9-6-5-7-10(2)14(9)11(3)23-13-8-12(17(21)22)19-15(13)16(20)18-4/h5-8,11,19H,1-4H3,(H,18,20)(H,21,22). The second kappa shape index (κ2) is 6.56. The third-order valence-electron chi connectivity index (χ3n) is 3.72. The Morgan fingerprint density at radius 2 is 1.87 bits per heavy atom. The smallest absolute Gasteiger partial charge is 0.352 e. The maximum absolute atomic E-state index is 11.9. The molecule has 0 radical (unpaired) electrons. The van der Waals surface area contributed by atoms with Gasteiger partial charge in [0.15, 0.2) is 5.75 Å². The minimum atomic E-state index is -1.15. The van der Waals surface area contributed by atoms with Gasteiger partial charge in [0, 0.05) is 13.1 Å². The summed E-state index contributed by atoms with van der Waals surface area (Å²) in [6.45, 7) is 5.85. The van der Waals surface area contributed by atoms with Crippen molar-refractivity contribution in [1.82, 2.24) is 10.3 Å². The highest BCUT2D eigenvalue weighted by Gasteiger charge is 2.22. The zero-order valence-corrected chi connectivity index (χ0v) is 13.6. The topological polar surface area (TPSA) is 91.4 Å². The number of nitrogens with one attached hydrogen (secondary N) is 2. The fourth-order valence-electron chi connectivity index (χ4n) is 2.66. The highest BCUT2D eigenvalue weighted by molar-refractivity contribution is 5.97. The lowest BCUT2D eigenvalue weighted by Crippen LogP contribution is -2.20. The van der Waals surface area contributed by atoms with Gasteiger partial charge in [-0.25, -0.2) is 4.79 Å². The monoisotopic (exact) mass is 316 g/mol. The molecule has 2 rings (SSSR count). The number of hydrogen-bond acceptors (Lipinski definition) is 3. The van der Waals surface area contributed by atoms with Gasteiger partial charge in [-0.05, 0) is 37.5 Å². The first kappa shape index (κ1) is 16.6. The van der Waals surface area contributed by atoms with Crippen LogP contribution in [0.4, 0.5) is 0 Å². The maximum Gasteiger partial charge on any atom is 0.352 e. The summed E-state index contributed by atoms with van der Waals surface area (Å²) >= 11 is 0. The molecule has 1 aromatic heterocycles. The molecule has 0 fully saturated rings. The number of carbonyl (C=O) groups is 2. The second-order valence-corrected chi connectivity index (χ2v) is 5.37. The number of rotatable bonds is 5. The Bertz CT molecular complexity index is 729. The van der Waals surface area contributed by atoms with Crippen molar-refractivity contribution in [3.8, 4) is 5.75 Å². The fourth-order valence-corrected chi connectivity index (χ4v) is 2.66. The van der Waals surface area contributed by atoms with Gasteiger partial charge >= 0.3 is 5.97 Å². The average molecular weight is 316 g/mol. The minimum absolute atomic E-state index is 0.0905. The Kier molecular flexibility index (Phi) is 4.74. The molecular weight excluding hydrogens is 296 g/mol. The van der Waals surface area contributed by atoms with Gasteiger partial charge in [0.2, 0.25) is 0 Å². The van der Waals surface area contributed by atoms with Gasteiger partial charge in [-0.2, -0.15) is 0 Å². The van der Waals surface area contributed by atoms with Crippen LogP contribution >= 0.6 is 0 Å². The van der Waals surface area contributed by atoms with Gasteiger partial charge in [-0.1, -0.05) is 18.2 Å². The van der Waals surface area contributed by atoms with Crippen molar-refractivity contribution in [2.45, 2.75) is 26.9 Å². The van der Waals surface area contributed by atoms with Gasteiger partial charge in [-0.3, -0.25) is 4.79 Å². The Hall–Kier alpha value is -2.76. The van der Waals surface area contributed by atoms with Crippen molar-refractivity contribution < 1.29 is 19.4 Å². The third-order valence-corrected chi connectivity index (χ3v) is 3.72. The first-order valence-electron chi connectivity index (χ1n) is 7.26. The molecule has 6 nitrogen and oxygen atoms in total. The zero-order valence-electron chi connectivity index (χ0n) is 13.6. The number of carboxylic acids is 1. The van der Waals surface area contributed by atoms with E-state index in [1.54, 1.807) is 0 Å². The summed E-state index contributed by atoms with van der Waals surface area (Å²) in [6.07, 6.45) is -0.322. The number of aromatic nitrogens is 1.